The first-order chi connectivity index (χ1) is 9.65. The van der Waals surface area contributed by atoms with Crippen molar-refractivity contribution >= 4 is 17.3 Å². The highest BCUT2D eigenvalue weighted by Gasteiger charge is 2.23. The number of halogens is 1. The van der Waals surface area contributed by atoms with Gasteiger partial charge in [0.2, 0.25) is 0 Å². The Balaban J connectivity index is 1.96. The Kier molecular flexibility index (Phi) is 3.14. The summed E-state index contributed by atoms with van der Waals surface area (Å²) >= 11 is 0. The highest BCUT2D eigenvalue weighted by molar-refractivity contribution is 6.06. The molecule has 0 bridgehead atoms. The number of rotatable bonds is 1. The smallest absolute Gasteiger partial charge is 0.258 e. The number of nitrogens with two attached hydrogens (primary N) is 1. The number of hydrogen-bond acceptors (Lipinski definition) is 2. The molecule has 3 nitrogen and oxygen atoms in total. The topological polar surface area (TPSA) is 46.3 Å². The zero-order valence-electron chi connectivity index (χ0n) is 11.0. The lowest BCUT2D eigenvalue weighted by molar-refractivity contribution is 0.0985. The summed E-state index contributed by atoms with van der Waals surface area (Å²) in [5.74, 6) is -0.441. The maximum absolute atomic E-state index is 12.9. The van der Waals surface area contributed by atoms with Gasteiger partial charge in [-0.3, -0.25) is 4.79 Å². The van der Waals surface area contributed by atoms with Crippen LogP contribution in [0.15, 0.2) is 42.5 Å². The van der Waals surface area contributed by atoms with Gasteiger partial charge >= 0.3 is 0 Å². The molecule has 2 N–H and O–H groups in total. The van der Waals surface area contributed by atoms with Crippen molar-refractivity contribution in [3.05, 3.63) is 59.4 Å². The Labute approximate surface area is 116 Å². The molecule has 1 amide bonds. The number of amides is 1. The van der Waals surface area contributed by atoms with E-state index >= 15 is 0 Å². The van der Waals surface area contributed by atoms with Crippen molar-refractivity contribution in [2.75, 3.05) is 17.2 Å². The van der Waals surface area contributed by atoms with Gasteiger partial charge in [0.05, 0.1) is 0 Å². The van der Waals surface area contributed by atoms with E-state index in [1.54, 1.807) is 11.0 Å². The van der Waals surface area contributed by atoms with E-state index in [1.807, 2.05) is 12.1 Å². The summed E-state index contributed by atoms with van der Waals surface area (Å²) in [4.78, 5) is 14.3. The summed E-state index contributed by atoms with van der Waals surface area (Å²) in [6, 6.07) is 11.2. The fourth-order valence-electron chi connectivity index (χ4n) is 2.58. The predicted octanol–water partition coefficient (Wildman–Crippen LogP) is 3.00. The van der Waals surface area contributed by atoms with E-state index in [0.29, 0.717) is 17.8 Å². The Hall–Kier alpha value is -2.36. The molecule has 3 rings (SSSR count). The minimum atomic E-state index is -0.339. The van der Waals surface area contributed by atoms with E-state index in [0.717, 1.165) is 24.1 Å². The number of nitrogen functional groups attached to an aromatic ring is 1. The van der Waals surface area contributed by atoms with E-state index in [9.17, 15) is 9.18 Å². The minimum Gasteiger partial charge on any atom is -0.399 e. The van der Waals surface area contributed by atoms with E-state index in [-0.39, 0.29) is 11.7 Å². The molecule has 1 aliphatic heterocycles. The van der Waals surface area contributed by atoms with Gasteiger partial charge in [-0.2, -0.15) is 0 Å². The lowest BCUT2D eigenvalue weighted by Crippen LogP contribution is -2.35. The maximum atomic E-state index is 12.9. The van der Waals surface area contributed by atoms with Crippen LogP contribution in [0, 0.1) is 5.82 Å². The van der Waals surface area contributed by atoms with Crippen molar-refractivity contribution in [2.24, 2.45) is 0 Å². The lowest BCUT2D eigenvalue weighted by Gasteiger charge is -2.29. The summed E-state index contributed by atoms with van der Waals surface area (Å²) in [5.41, 5.74) is 8.98. The number of benzene rings is 2. The van der Waals surface area contributed by atoms with Crippen LogP contribution in [0.5, 0.6) is 0 Å². The molecule has 0 saturated carbocycles. The second kappa shape index (κ2) is 4.96. The Morgan fingerprint density at radius 1 is 1.15 bits per heavy atom. The average Bonchev–Trinajstić information content (AvgIpc) is 2.46. The summed E-state index contributed by atoms with van der Waals surface area (Å²) in [7, 11) is 0. The SMILES string of the molecule is Nc1ccc2c(c1)CCCN2C(=O)c1ccc(F)cc1. The van der Waals surface area contributed by atoms with Crippen LogP contribution in [0.25, 0.3) is 0 Å². The molecule has 0 atom stereocenters. The van der Waals surface area contributed by atoms with Gasteiger partial charge in [-0.05, 0) is 60.9 Å². The number of hydrogen-bond donors (Lipinski definition) is 1. The average molecular weight is 270 g/mol. The van der Waals surface area contributed by atoms with Crippen LogP contribution < -0.4 is 10.6 Å². The first kappa shape index (κ1) is 12.7. The van der Waals surface area contributed by atoms with Crippen molar-refractivity contribution in [2.45, 2.75) is 12.8 Å². The molecule has 2 aromatic carbocycles. The van der Waals surface area contributed by atoms with Crippen LogP contribution in [0.2, 0.25) is 0 Å². The van der Waals surface area contributed by atoms with Crippen LogP contribution >= 0.6 is 0 Å². The van der Waals surface area contributed by atoms with Gasteiger partial charge < -0.3 is 10.6 Å². The fraction of sp³-hybridized carbons (Fsp3) is 0.188. The van der Waals surface area contributed by atoms with Crippen LogP contribution in [0.3, 0.4) is 0 Å². The summed E-state index contributed by atoms with van der Waals surface area (Å²) in [5, 5.41) is 0. The van der Waals surface area contributed by atoms with Gasteiger partial charge in [-0.1, -0.05) is 0 Å². The summed E-state index contributed by atoms with van der Waals surface area (Å²) < 4.78 is 12.9. The molecule has 2 aromatic rings. The fourth-order valence-corrected chi connectivity index (χ4v) is 2.58. The monoisotopic (exact) mass is 270 g/mol. The molecular weight excluding hydrogens is 255 g/mol. The number of nitrogens with zero attached hydrogens (tertiary/aromatic N) is 1. The molecule has 1 heterocycles. The van der Waals surface area contributed by atoms with Gasteiger partial charge in [-0.15, -0.1) is 0 Å². The normalized spacial score (nSPS) is 13.9. The van der Waals surface area contributed by atoms with Gasteiger partial charge in [0.1, 0.15) is 5.82 Å². The highest BCUT2D eigenvalue weighted by Crippen LogP contribution is 2.30. The predicted molar refractivity (Wildman–Crippen MR) is 77.3 cm³/mol. The second-order valence-electron chi connectivity index (χ2n) is 4.96. The molecule has 0 unspecified atom stereocenters. The largest absolute Gasteiger partial charge is 0.399 e. The van der Waals surface area contributed by atoms with E-state index in [2.05, 4.69) is 0 Å². The van der Waals surface area contributed by atoms with Gasteiger partial charge in [0, 0.05) is 23.5 Å². The molecule has 20 heavy (non-hydrogen) atoms. The molecule has 1 aliphatic rings. The molecular formula is C16H15FN2O. The third-order valence-electron chi connectivity index (χ3n) is 3.56. The van der Waals surface area contributed by atoms with Crippen molar-refractivity contribution in [1.29, 1.82) is 0 Å². The van der Waals surface area contributed by atoms with Crippen molar-refractivity contribution in [3.8, 4) is 0 Å². The highest BCUT2D eigenvalue weighted by atomic mass is 19.1. The van der Waals surface area contributed by atoms with Gasteiger partial charge in [0.25, 0.3) is 5.91 Å². The summed E-state index contributed by atoms with van der Waals surface area (Å²) in [6.07, 6.45) is 1.83. The Bertz CT molecular complexity index is 652. The Morgan fingerprint density at radius 2 is 1.90 bits per heavy atom. The van der Waals surface area contributed by atoms with Crippen LogP contribution in [0.4, 0.5) is 15.8 Å². The third-order valence-corrected chi connectivity index (χ3v) is 3.56. The number of carbonyl (C=O) groups excluding carboxylic acids is 1. The maximum Gasteiger partial charge on any atom is 0.258 e. The van der Waals surface area contributed by atoms with Crippen molar-refractivity contribution in [1.82, 2.24) is 0 Å². The van der Waals surface area contributed by atoms with Crippen LogP contribution in [-0.2, 0) is 6.42 Å². The first-order valence-electron chi connectivity index (χ1n) is 6.61. The Morgan fingerprint density at radius 3 is 2.65 bits per heavy atom. The zero-order chi connectivity index (χ0) is 14.1. The molecule has 0 spiro atoms. The molecule has 0 radical (unpaired) electrons. The quantitative estimate of drug-likeness (QED) is 0.810. The van der Waals surface area contributed by atoms with Crippen molar-refractivity contribution in [3.63, 3.8) is 0 Å². The molecule has 0 saturated heterocycles. The zero-order valence-corrected chi connectivity index (χ0v) is 11.0. The second-order valence-corrected chi connectivity index (χ2v) is 4.96. The third kappa shape index (κ3) is 2.25. The van der Waals surface area contributed by atoms with E-state index in [4.69, 9.17) is 5.73 Å². The molecule has 102 valence electrons. The minimum absolute atomic E-state index is 0.101. The number of anilines is 2. The molecule has 0 aromatic heterocycles. The van der Waals surface area contributed by atoms with E-state index < -0.39 is 0 Å². The standard InChI is InChI=1S/C16H15FN2O/c17-13-5-3-11(4-6-13)16(20)19-9-1-2-12-10-14(18)7-8-15(12)19/h3-8,10H,1-2,9,18H2. The number of aryl methyl sites for hydroxylation is 1. The molecule has 0 aliphatic carbocycles. The van der Waals surface area contributed by atoms with Crippen LogP contribution in [-0.4, -0.2) is 12.5 Å². The molecule has 0 fully saturated rings. The van der Waals surface area contributed by atoms with Crippen LogP contribution in [0.1, 0.15) is 22.3 Å². The van der Waals surface area contributed by atoms with Gasteiger partial charge in [0.15, 0.2) is 0 Å². The lowest BCUT2D eigenvalue weighted by atomic mass is 10.00. The first-order valence-corrected chi connectivity index (χ1v) is 6.61. The van der Waals surface area contributed by atoms with E-state index in [1.165, 1.54) is 24.3 Å². The number of carbonyl (C=O) groups is 1. The summed E-state index contributed by atoms with van der Waals surface area (Å²) in [6.45, 7) is 0.674. The number of fused-ring (bicyclic) bond motifs is 1. The van der Waals surface area contributed by atoms with Crippen molar-refractivity contribution < 1.29 is 9.18 Å². The van der Waals surface area contributed by atoms with Gasteiger partial charge in [-0.25, -0.2) is 4.39 Å². The molecule has 4 heteroatoms.